The standard InChI is InChI=1S/C14H21BrN2O/c1-14(2)10-16-11(7-8-18)9-17(14)13-6-4-3-5-12(13)15/h3-6,11,16,18H,7-10H2,1-2H3. The first kappa shape index (κ1) is 13.8. The van der Waals surface area contributed by atoms with Gasteiger partial charge in [0.15, 0.2) is 0 Å². The number of aliphatic hydroxyl groups is 1. The van der Waals surface area contributed by atoms with Gasteiger partial charge >= 0.3 is 0 Å². The van der Waals surface area contributed by atoms with Gasteiger partial charge in [-0.25, -0.2) is 0 Å². The van der Waals surface area contributed by atoms with Crippen LogP contribution in [0.5, 0.6) is 0 Å². The molecule has 1 aliphatic heterocycles. The van der Waals surface area contributed by atoms with E-state index in [0.29, 0.717) is 6.04 Å². The molecule has 4 heteroatoms. The highest BCUT2D eigenvalue weighted by atomic mass is 79.9. The van der Waals surface area contributed by atoms with Gasteiger partial charge in [0.1, 0.15) is 0 Å². The van der Waals surface area contributed by atoms with Gasteiger partial charge in [-0.3, -0.25) is 0 Å². The minimum atomic E-state index is 0.0792. The number of aliphatic hydroxyl groups excluding tert-OH is 1. The predicted octanol–water partition coefficient (Wildman–Crippen LogP) is 2.39. The van der Waals surface area contributed by atoms with Crippen molar-refractivity contribution in [3.8, 4) is 0 Å². The van der Waals surface area contributed by atoms with Crippen LogP contribution in [0, 0.1) is 0 Å². The van der Waals surface area contributed by atoms with Crippen molar-refractivity contribution in [3.63, 3.8) is 0 Å². The third-order valence-corrected chi connectivity index (χ3v) is 4.25. The summed E-state index contributed by atoms with van der Waals surface area (Å²) in [6, 6.07) is 8.68. The molecule has 1 unspecified atom stereocenters. The first-order valence-corrected chi connectivity index (χ1v) is 7.20. The molecule has 1 saturated heterocycles. The molecule has 0 radical (unpaired) electrons. The van der Waals surface area contributed by atoms with E-state index in [1.165, 1.54) is 5.69 Å². The molecule has 2 rings (SSSR count). The van der Waals surface area contributed by atoms with Gasteiger partial charge in [0.2, 0.25) is 0 Å². The molecule has 0 aliphatic carbocycles. The van der Waals surface area contributed by atoms with Crippen LogP contribution in [-0.4, -0.2) is 36.4 Å². The number of nitrogens with one attached hydrogen (secondary N) is 1. The Morgan fingerprint density at radius 2 is 2.17 bits per heavy atom. The Morgan fingerprint density at radius 3 is 2.83 bits per heavy atom. The lowest BCUT2D eigenvalue weighted by molar-refractivity contribution is 0.239. The molecule has 18 heavy (non-hydrogen) atoms. The lowest BCUT2D eigenvalue weighted by Crippen LogP contribution is -2.62. The minimum Gasteiger partial charge on any atom is -0.396 e. The number of para-hydroxylation sites is 1. The number of hydrogen-bond donors (Lipinski definition) is 2. The molecule has 1 heterocycles. The van der Waals surface area contributed by atoms with Crippen LogP contribution in [0.25, 0.3) is 0 Å². The van der Waals surface area contributed by atoms with Crippen molar-refractivity contribution in [2.45, 2.75) is 31.8 Å². The summed E-state index contributed by atoms with van der Waals surface area (Å²) in [5.74, 6) is 0. The summed E-state index contributed by atoms with van der Waals surface area (Å²) in [5, 5.41) is 12.6. The zero-order chi connectivity index (χ0) is 13.2. The summed E-state index contributed by atoms with van der Waals surface area (Å²) in [6.45, 7) is 6.58. The van der Waals surface area contributed by atoms with Gasteiger partial charge in [0.25, 0.3) is 0 Å². The molecule has 1 aromatic carbocycles. The molecule has 0 bridgehead atoms. The van der Waals surface area contributed by atoms with Gasteiger partial charge in [-0.15, -0.1) is 0 Å². The zero-order valence-electron chi connectivity index (χ0n) is 11.0. The van der Waals surface area contributed by atoms with Gasteiger partial charge in [-0.2, -0.15) is 0 Å². The molecular formula is C14H21BrN2O. The fraction of sp³-hybridized carbons (Fsp3) is 0.571. The average molecular weight is 313 g/mol. The van der Waals surface area contributed by atoms with Crippen LogP contribution in [0.2, 0.25) is 0 Å². The number of halogens is 1. The van der Waals surface area contributed by atoms with Crippen LogP contribution in [0.1, 0.15) is 20.3 Å². The normalized spacial score (nSPS) is 23.1. The van der Waals surface area contributed by atoms with E-state index < -0.39 is 0 Å². The van der Waals surface area contributed by atoms with Crippen molar-refractivity contribution < 1.29 is 5.11 Å². The van der Waals surface area contributed by atoms with E-state index in [-0.39, 0.29) is 12.1 Å². The molecule has 1 fully saturated rings. The first-order valence-electron chi connectivity index (χ1n) is 6.41. The van der Waals surface area contributed by atoms with Crippen molar-refractivity contribution in [2.24, 2.45) is 0 Å². The fourth-order valence-electron chi connectivity index (χ4n) is 2.47. The predicted molar refractivity (Wildman–Crippen MR) is 79.1 cm³/mol. The SMILES string of the molecule is CC1(C)CNC(CCO)CN1c1ccccc1Br. The Kier molecular flexibility index (Phi) is 4.30. The number of anilines is 1. The smallest absolute Gasteiger partial charge is 0.0516 e. The number of piperazine rings is 1. The van der Waals surface area contributed by atoms with Crippen molar-refractivity contribution in [1.82, 2.24) is 5.32 Å². The summed E-state index contributed by atoms with van der Waals surface area (Å²) in [6.07, 6.45) is 0.803. The number of benzene rings is 1. The number of nitrogens with zero attached hydrogens (tertiary/aromatic N) is 1. The lowest BCUT2D eigenvalue weighted by Gasteiger charge is -2.48. The van der Waals surface area contributed by atoms with Crippen molar-refractivity contribution in [2.75, 3.05) is 24.6 Å². The molecule has 3 nitrogen and oxygen atoms in total. The molecule has 0 amide bonds. The van der Waals surface area contributed by atoms with E-state index in [0.717, 1.165) is 24.0 Å². The largest absolute Gasteiger partial charge is 0.396 e. The van der Waals surface area contributed by atoms with Crippen molar-refractivity contribution in [1.29, 1.82) is 0 Å². The lowest BCUT2D eigenvalue weighted by atomic mass is 9.95. The Balaban J connectivity index is 2.24. The topological polar surface area (TPSA) is 35.5 Å². The van der Waals surface area contributed by atoms with Crippen LogP contribution in [0.3, 0.4) is 0 Å². The van der Waals surface area contributed by atoms with Gasteiger partial charge in [0, 0.05) is 35.7 Å². The van der Waals surface area contributed by atoms with E-state index >= 15 is 0 Å². The van der Waals surface area contributed by atoms with Crippen LogP contribution in [0.4, 0.5) is 5.69 Å². The average Bonchev–Trinajstić information content (AvgIpc) is 2.33. The number of hydrogen-bond acceptors (Lipinski definition) is 3. The van der Waals surface area contributed by atoms with Crippen LogP contribution in [-0.2, 0) is 0 Å². The highest BCUT2D eigenvalue weighted by molar-refractivity contribution is 9.10. The van der Waals surface area contributed by atoms with E-state index in [2.05, 4.69) is 58.2 Å². The van der Waals surface area contributed by atoms with Crippen molar-refractivity contribution >= 4 is 21.6 Å². The maximum atomic E-state index is 9.09. The fourth-order valence-corrected chi connectivity index (χ4v) is 2.96. The molecule has 0 saturated carbocycles. The van der Waals surface area contributed by atoms with E-state index in [1.54, 1.807) is 0 Å². The second-order valence-corrected chi connectivity index (χ2v) is 6.32. The molecule has 0 aromatic heterocycles. The van der Waals surface area contributed by atoms with E-state index in [4.69, 9.17) is 5.11 Å². The Bertz CT molecular complexity index is 409. The quantitative estimate of drug-likeness (QED) is 0.899. The Labute approximate surface area is 117 Å². The monoisotopic (exact) mass is 312 g/mol. The third-order valence-electron chi connectivity index (χ3n) is 3.58. The summed E-state index contributed by atoms with van der Waals surface area (Å²) in [7, 11) is 0. The van der Waals surface area contributed by atoms with Crippen LogP contribution in [0.15, 0.2) is 28.7 Å². The number of rotatable bonds is 3. The van der Waals surface area contributed by atoms with Gasteiger partial charge in [-0.05, 0) is 48.3 Å². The van der Waals surface area contributed by atoms with E-state index in [9.17, 15) is 0 Å². The highest BCUT2D eigenvalue weighted by Gasteiger charge is 2.34. The summed E-state index contributed by atoms with van der Waals surface area (Å²) < 4.78 is 1.13. The Morgan fingerprint density at radius 1 is 1.44 bits per heavy atom. The summed E-state index contributed by atoms with van der Waals surface area (Å²) >= 11 is 3.63. The summed E-state index contributed by atoms with van der Waals surface area (Å²) in [4.78, 5) is 2.42. The van der Waals surface area contributed by atoms with Crippen molar-refractivity contribution in [3.05, 3.63) is 28.7 Å². The maximum absolute atomic E-state index is 9.09. The first-order chi connectivity index (χ1) is 8.54. The van der Waals surface area contributed by atoms with Crippen LogP contribution >= 0.6 is 15.9 Å². The van der Waals surface area contributed by atoms with E-state index in [1.807, 2.05) is 6.07 Å². The third kappa shape index (κ3) is 2.87. The van der Waals surface area contributed by atoms with Gasteiger partial charge < -0.3 is 15.3 Å². The second-order valence-electron chi connectivity index (χ2n) is 5.46. The maximum Gasteiger partial charge on any atom is 0.0516 e. The van der Waals surface area contributed by atoms with Crippen LogP contribution < -0.4 is 10.2 Å². The Hall–Kier alpha value is -0.580. The molecular weight excluding hydrogens is 292 g/mol. The molecule has 1 atom stereocenters. The zero-order valence-corrected chi connectivity index (χ0v) is 12.6. The minimum absolute atomic E-state index is 0.0792. The molecule has 0 spiro atoms. The molecule has 100 valence electrons. The highest BCUT2D eigenvalue weighted by Crippen LogP contribution is 2.32. The molecule has 2 N–H and O–H groups in total. The van der Waals surface area contributed by atoms with Gasteiger partial charge in [0.05, 0.1) is 5.69 Å². The molecule has 1 aromatic rings. The van der Waals surface area contributed by atoms with Gasteiger partial charge in [-0.1, -0.05) is 12.1 Å². The molecule has 1 aliphatic rings. The second kappa shape index (κ2) is 5.59. The summed E-state index contributed by atoms with van der Waals surface area (Å²) in [5.41, 5.74) is 1.31.